The second-order valence-corrected chi connectivity index (χ2v) is 4.66. The lowest BCUT2D eigenvalue weighted by atomic mass is 10.1. The lowest BCUT2D eigenvalue weighted by molar-refractivity contribution is -0.321. The SMILES string of the molecule is COC(C)(OC=O)OC(=O)C1C(C=O)C1(C)C. The number of carbonyl (C=O) groups excluding carboxylic acids is 3. The van der Waals surface area contributed by atoms with Crippen LogP contribution in [0, 0.1) is 17.3 Å². The smallest absolute Gasteiger partial charge is 0.372 e. The van der Waals surface area contributed by atoms with E-state index in [1.165, 1.54) is 14.0 Å². The Hall–Kier alpha value is -1.43. The third-order valence-electron chi connectivity index (χ3n) is 3.23. The second-order valence-electron chi connectivity index (χ2n) is 4.66. The topological polar surface area (TPSA) is 78.9 Å². The van der Waals surface area contributed by atoms with Gasteiger partial charge in [-0.2, -0.15) is 0 Å². The molecule has 3 atom stereocenters. The van der Waals surface area contributed by atoms with Gasteiger partial charge in [0.25, 0.3) is 6.47 Å². The zero-order valence-electron chi connectivity index (χ0n) is 10.3. The molecule has 0 aliphatic heterocycles. The van der Waals surface area contributed by atoms with Crippen LogP contribution in [0.4, 0.5) is 0 Å². The lowest BCUT2D eigenvalue weighted by Gasteiger charge is -2.25. The summed E-state index contributed by atoms with van der Waals surface area (Å²) in [5.74, 6) is -3.25. The number of hydrogen-bond donors (Lipinski definition) is 0. The van der Waals surface area contributed by atoms with Crippen LogP contribution in [0.25, 0.3) is 0 Å². The van der Waals surface area contributed by atoms with Crippen molar-refractivity contribution >= 4 is 18.7 Å². The molecule has 0 aromatic heterocycles. The van der Waals surface area contributed by atoms with Gasteiger partial charge < -0.3 is 19.0 Å². The van der Waals surface area contributed by atoms with Gasteiger partial charge in [0, 0.05) is 20.0 Å². The van der Waals surface area contributed by atoms with E-state index in [4.69, 9.17) is 9.47 Å². The number of hydrogen-bond acceptors (Lipinski definition) is 6. The first-order chi connectivity index (χ1) is 7.82. The van der Waals surface area contributed by atoms with Crippen molar-refractivity contribution in [1.82, 2.24) is 0 Å². The van der Waals surface area contributed by atoms with E-state index >= 15 is 0 Å². The van der Waals surface area contributed by atoms with Crippen LogP contribution in [0.2, 0.25) is 0 Å². The molecule has 0 saturated heterocycles. The molecule has 1 rings (SSSR count). The fourth-order valence-corrected chi connectivity index (χ4v) is 1.83. The molecule has 0 spiro atoms. The third-order valence-corrected chi connectivity index (χ3v) is 3.23. The minimum absolute atomic E-state index is 0.131. The van der Waals surface area contributed by atoms with Crippen LogP contribution in [0.1, 0.15) is 20.8 Å². The van der Waals surface area contributed by atoms with Crippen molar-refractivity contribution in [3.8, 4) is 0 Å². The molecular weight excluding hydrogens is 228 g/mol. The Morgan fingerprint density at radius 3 is 2.29 bits per heavy atom. The van der Waals surface area contributed by atoms with Gasteiger partial charge in [-0.3, -0.25) is 9.59 Å². The van der Waals surface area contributed by atoms with Gasteiger partial charge in [-0.05, 0) is 5.41 Å². The summed E-state index contributed by atoms with van der Waals surface area (Å²) in [6.45, 7) is 5.02. The van der Waals surface area contributed by atoms with E-state index in [2.05, 4.69) is 4.74 Å². The van der Waals surface area contributed by atoms with E-state index in [0.717, 1.165) is 6.29 Å². The van der Waals surface area contributed by atoms with E-state index in [0.29, 0.717) is 0 Å². The van der Waals surface area contributed by atoms with Crippen LogP contribution in [0.15, 0.2) is 0 Å². The highest BCUT2D eigenvalue weighted by Crippen LogP contribution is 2.57. The van der Waals surface area contributed by atoms with Crippen molar-refractivity contribution in [3.63, 3.8) is 0 Å². The highest BCUT2D eigenvalue weighted by molar-refractivity contribution is 5.84. The first kappa shape index (κ1) is 13.6. The van der Waals surface area contributed by atoms with Crippen LogP contribution >= 0.6 is 0 Å². The third kappa shape index (κ3) is 2.46. The second kappa shape index (κ2) is 4.44. The van der Waals surface area contributed by atoms with Crippen molar-refractivity contribution in [1.29, 1.82) is 0 Å². The summed E-state index contributed by atoms with van der Waals surface area (Å²) >= 11 is 0. The summed E-state index contributed by atoms with van der Waals surface area (Å²) in [7, 11) is 1.24. The zero-order valence-corrected chi connectivity index (χ0v) is 10.3. The van der Waals surface area contributed by atoms with Gasteiger partial charge in [0.05, 0.1) is 5.92 Å². The maximum absolute atomic E-state index is 11.8. The van der Waals surface area contributed by atoms with E-state index in [-0.39, 0.29) is 12.4 Å². The molecule has 17 heavy (non-hydrogen) atoms. The maximum atomic E-state index is 11.8. The van der Waals surface area contributed by atoms with E-state index in [9.17, 15) is 14.4 Å². The van der Waals surface area contributed by atoms with Crippen molar-refractivity contribution < 1.29 is 28.6 Å². The number of aldehydes is 1. The van der Waals surface area contributed by atoms with Crippen molar-refractivity contribution in [2.75, 3.05) is 7.11 Å². The van der Waals surface area contributed by atoms with Crippen molar-refractivity contribution in [3.05, 3.63) is 0 Å². The molecule has 1 fully saturated rings. The summed E-state index contributed by atoms with van der Waals surface area (Å²) in [5, 5.41) is 0. The first-order valence-corrected chi connectivity index (χ1v) is 5.17. The minimum atomic E-state index is -1.75. The summed E-state index contributed by atoms with van der Waals surface area (Å²) in [4.78, 5) is 32.8. The highest BCUT2D eigenvalue weighted by atomic mass is 16.9. The number of ether oxygens (including phenoxy) is 3. The standard InChI is InChI=1S/C11H16O6/c1-10(2)7(5-12)8(10)9(14)17-11(3,15-4)16-6-13/h5-8H,1-4H3. The zero-order chi connectivity index (χ0) is 13.3. The molecule has 0 aromatic carbocycles. The molecule has 3 unspecified atom stereocenters. The molecule has 6 heteroatoms. The number of carbonyl (C=O) groups is 3. The van der Waals surface area contributed by atoms with Gasteiger partial charge in [-0.15, -0.1) is 0 Å². The Balaban J connectivity index is 2.67. The molecule has 96 valence electrons. The average Bonchev–Trinajstić information content (AvgIpc) is 2.80. The normalized spacial score (nSPS) is 28.7. The number of methoxy groups -OCH3 is 1. The molecule has 0 aromatic rings. The number of esters is 1. The van der Waals surface area contributed by atoms with Crippen LogP contribution in [0.5, 0.6) is 0 Å². The Bertz CT molecular complexity index is 337. The largest absolute Gasteiger partial charge is 0.400 e. The predicted octanol–water partition coefficient (Wildman–Crippen LogP) is 0.494. The molecule has 0 N–H and O–H groups in total. The predicted molar refractivity (Wildman–Crippen MR) is 55.5 cm³/mol. The summed E-state index contributed by atoms with van der Waals surface area (Å²) in [6.07, 6.45) is 0.733. The molecule has 1 aliphatic rings. The van der Waals surface area contributed by atoms with Crippen LogP contribution in [-0.4, -0.2) is 31.8 Å². The molecule has 6 nitrogen and oxygen atoms in total. The number of rotatable bonds is 6. The van der Waals surface area contributed by atoms with E-state index in [1.54, 1.807) is 13.8 Å². The first-order valence-electron chi connectivity index (χ1n) is 5.17. The minimum Gasteiger partial charge on any atom is -0.400 e. The highest BCUT2D eigenvalue weighted by Gasteiger charge is 2.63. The molecule has 1 aliphatic carbocycles. The average molecular weight is 244 g/mol. The fraction of sp³-hybridized carbons (Fsp3) is 0.727. The quantitative estimate of drug-likeness (QED) is 0.384. The van der Waals surface area contributed by atoms with E-state index in [1.807, 2.05) is 0 Å². The van der Waals surface area contributed by atoms with Crippen molar-refractivity contribution in [2.45, 2.75) is 26.7 Å². The fourth-order valence-electron chi connectivity index (χ4n) is 1.83. The summed E-state index contributed by atoms with van der Waals surface area (Å²) in [5.41, 5.74) is -0.422. The van der Waals surface area contributed by atoms with Gasteiger partial charge >= 0.3 is 11.9 Å². The van der Waals surface area contributed by atoms with Crippen LogP contribution in [-0.2, 0) is 28.6 Å². The molecule has 0 bridgehead atoms. The van der Waals surface area contributed by atoms with Crippen molar-refractivity contribution in [2.24, 2.45) is 17.3 Å². The summed E-state index contributed by atoms with van der Waals surface area (Å²) in [6, 6.07) is 0. The lowest BCUT2D eigenvalue weighted by Crippen LogP contribution is -2.37. The Kier molecular flexibility index (Phi) is 3.56. The summed E-state index contributed by atoms with van der Waals surface area (Å²) < 4.78 is 14.3. The molecule has 0 heterocycles. The molecule has 1 saturated carbocycles. The molecular formula is C11H16O6. The van der Waals surface area contributed by atoms with Gasteiger partial charge in [-0.25, -0.2) is 0 Å². The monoisotopic (exact) mass is 244 g/mol. The van der Waals surface area contributed by atoms with Gasteiger partial charge in [0.2, 0.25) is 0 Å². The van der Waals surface area contributed by atoms with Crippen LogP contribution < -0.4 is 0 Å². The Morgan fingerprint density at radius 1 is 1.35 bits per heavy atom. The Morgan fingerprint density at radius 2 is 1.94 bits per heavy atom. The van der Waals surface area contributed by atoms with Gasteiger partial charge in [0.15, 0.2) is 0 Å². The molecule has 0 radical (unpaired) electrons. The Labute approximate surface area is 99.2 Å². The van der Waals surface area contributed by atoms with Gasteiger partial charge in [0.1, 0.15) is 6.29 Å². The van der Waals surface area contributed by atoms with E-state index < -0.39 is 23.3 Å². The van der Waals surface area contributed by atoms with Gasteiger partial charge in [-0.1, -0.05) is 13.8 Å². The van der Waals surface area contributed by atoms with Crippen LogP contribution in [0.3, 0.4) is 0 Å². The molecule has 0 amide bonds. The maximum Gasteiger partial charge on any atom is 0.372 e.